The van der Waals surface area contributed by atoms with Gasteiger partial charge in [0.2, 0.25) is 11.6 Å². The van der Waals surface area contributed by atoms with Gasteiger partial charge in [-0.15, -0.1) is 10.2 Å². The zero-order valence-electron chi connectivity index (χ0n) is 17.0. The van der Waals surface area contributed by atoms with E-state index in [9.17, 15) is 4.79 Å². The number of methoxy groups -OCH3 is 2. The number of ether oxygens (including phenoxy) is 2. The van der Waals surface area contributed by atoms with Crippen molar-refractivity contribution >= 4 is 28.4 Å². The Bertz CT molecular complexity index is 1040. The topological polar surface area (TPSA) is 103 Å². The highest BCUT2D eigenvalue weighted by molar-refractivity contribution is 5.86. The molecule has 1 aromatic carbocycles. The molecule has 0 spiro atoms. The first kappa shape index (κ1) is 19.2. The molecule has 2 aromatic heterocycles. The lowest BCUT2D eigenvalue weighted by atomic mass is 10.2. The predicted molar refractivity (Wildman–Crippen MR) is 110 cm³/mol. The molecule has 9 heteroatoms. The van der Waals surface area contributed by atoms with Crippen LogP contribution in [0.3, 0.4) is 0 Å². The number of anilines is 1. The Labute approximate surface area is 168 Å². The number of carbonyl (C=O) groups is 1. The number of aromatic nitrogens is 4. The Kier molecular flexibility index (Phi) is 5.37. The Balaban J connectivity index is 1.50. The molecule has 154 valence electrons. The van der Waals surface area contributed by atoms with Crippen LogP contribution in [0.25, 0.3) is 16.7 Å². The zero-order valence-corrected chi connectivity index (χ0v) is 17.0. The molecule has 2 N–H and O–H groups in total. The van der Waals surface area contributed by atoms with Crippen molar-refractivity contribution in [3.63, 3.8) is 0 Å². The number of carbonyl (C=O) groups excluding carboxylic acids is 1. The van der Waals surface area contributed by atoms with Crippen molar-refractivity contribution in [2.45, 2.75) is 32.6 Å². The molecule has 0 aliphatic heterocycles. The average Bonchev–Trinajstić information content (AvgIpc) is 3.51. The molecule has 3 aromatic rings. The molecule has 2 heterocycles. The van der Waals surface area contributed by atoms with Gasteiger partial charge in [-0.25, -0.2) is 4.98 Å². The van der Waals surface area contributed by atoms with E-state index in [0.717, 1.165) is 49.1 Å². The number of fused-ring (bicyclic) bond motifs is 3. The summed E-state index contributed by atoms with van der Waals surface area (Å²) in [5.74, 6) is 3.15. The van der Waals surface area contributed by atoms with E-state index >= 15 is 0 Å². The third-order valence-electron chi connectivity index (χ3n) is 5.13. The number of amides is 1. The lowest BCUT2D eigenvalue weighted by Gasteiger charge is -2.13. The van der Waals surface area contributed by atoms with E-state index in [1.807, 2.05) is 23.5 Å². The van der Waals surface area contributed by atoms with Gasteiger partial charge in [-0.2, -0.15) is 0 Å². The van der Waals surface area contributed by atoms with E-state index in [2.05, 4.69) is 20.8 Å². The van der Waals surface area contributed by atoms with E-state index in [4.69, 9.17) is 14.5 Å². The van der Waals surface area contributed by atoms with Crippen molar-refractivity contribution in [1.82, 2.24) is 24.9 Å². The summed E-state index contributed by atoms with van der Waals surface area (Å²) in [5.41, 5.74) is 2.29. The number of nitrogens with one attached hydrogen (secondary N) is 2. The fraction of sp³-hybridized carbons (Fsp3) is 0.500. The molecule has 0 radical (unpaired) electrons. The molecule has 1 amide bonds. The van der Waals surface area contributed by atoms with Gasteiger partial charge in [0.15, 0.2) is 17.3 Å². The largest absolute Gasteiger partial charge is 0.493 e. The van der Waals surface area contributed by atoms with Crippen LogP contribution in [0.1, 0.15) is 31.5 Å². The normalized spacial score (nSPS) is 13.6. The van der Waals surface area contributed by atoms with Crippen molar-refractivity contribution in [3.05, 3.63) is 18.0 Å². The minimum absolute atomic E-state index is 0.194. The first-order valence-electron chi connectivity index (χ1n) is 9.91. The molecule has 1 saturated carbocycles. The second-order valence-corrected chi connectivity index (χ2v) is 7.26. The number of unbranched alkanes of at least 4 members (excludes halogenated alkanes) is 1. The molecule has 1 fully saturated rings. The average molecular weight is 398 g/mol. The van der Waals surface area contributed by atoms with Crippen LogP contribution in [0.4, 0.5) is 5.82 Å². The van der Waals surface area contributed by atoms with Gasteiger partial charge in [-0.05, 0) is 32.6 Å². The van der Waals surface area contributed by atoms with E-state index in [1.54, 1.807) is 14.2 Å². The third kappa shape index (κ3) is 3.90. The fourth-order valence-corrected chi connectivity index (χ4v) is 3.38. The molecule has 29 heavy (non-hydrogen) atoms. The van der Waals surface area contributed by atoms with Crippen molar-refractivity contribution < 1.29 is 14.3 Å². The summed E-state index contributed by atoms with van der Waals surface area (Å²) in [4.78, 5) is 16.4. The van der Waals surface area contributed by atoms with Gasteiger partial charge in [0.05, 0.1) is 25.3 Å². The Morgan fingerprint density at radius 1 is 1.14 bits per heavy atom. The predicted octanol–water partition coefficient (Wildman–Crippen LogP) is 2.32. The lowest BCUT2D eigenvalue weighted by molar-refractivity contribution is -0.122. The minimum Gasteiger partial charge on any atom is -0.493 e. The van der Waals surface area contributed by atoms with E-state index < -0.39 is 0 Å². The van der Waals surface area contributed by atoms with Crippen molar-refractivity contribution in [2.75, 3.05) is 32.6 Å². The molecule has 4 rings (SSSR count). The molecule has 9 nitrogen and oxygen atoms in total. The molecule has 0 unspecified atom stereocenters. The smallest absolute Gasteiger partial charge is 0.223 e. The van der Waals surface area contributed by atoms with Crippen molar-refractivity contribution in [3.8, 4) is 11.5 Å². The quantitative estimate of drug-likeness (QED) is 0.533. The van der Waals surface area contributed by atoms with Gasteiger partial charge in [0, 0.05) is 31.1 Å². The summed E-state index contributed by atoms with van der Waals surface area (Å²) >= 11 is 0. The fourth-order valence-electron chi connectivity index (χ4n) is 3.38. The van der Waals surface area contributed by atoms with Gasteiger partial charge in [-0.1, -0.05) is 0 Å². The van der Waals surface area contributed by atoms with Crippen LogP contribution < -0.4 is 20.1 Å². The van der Waals surface area contributed by atoms with Crippen LogP contribution in [0.15, 0.2) is 12.1 Å². The molecule has 0 bridgehead atoms. The van der Waals surface area contributed by atoms with E-state index in [-0.39, 0.29) is 11.8 Å². The van der Waals surface area contributed by atoms with Crippen LogP contribution >= 0.6 is 0 Å². The Morgan fingerprint density at radius 2 is 1.86 bits per heavy atom. The van der Waals surface area contributed by atoms with E-state index in [1.165, 1.54) is 0 Å². The van der Waals surface area contributed by atoms with Crippen LogP contribution in [-0.2, 0) is 4.79 Å². The summed E-state index contributed by atoms with van der Waals surface area (Å²) in [5, 5.41) is 14.9. The Morgan fingerprint density at radius 3 is 2.59 bits per heavy atom. The number of rotatable bonds is 9. The molecule has 0 saturated heterocycles. The third-order valence-corrected chi connectivity index (χ3v) is 5.13. The highest BCUT2D eigenvalue weighted by Crippen LogP contribution is 2.33. The number of hydrogen-bond donors (Lipinski definition) is 2. The molecule has 1 aliphatic rings. The first-order valence-corrected chi connectivity index (χ1v) is 9.91. The molecular formula is C20H26N6O3. The molecular weight excluding hydrogens is 372 g/mol. The standard InChI is InChI=1S/C20H26N6O3/c1-12-24-25-19-18(21-8-4-5-9-22-20(27)13-6-7-13)23-14-10-16(28-2)17(29-3)11-15(14)26(12)19/h10-11,13H,4-9H2,1-3H3,(H,21,23)(H,22,27). The SMILES string of the molecule is COc1cc2nc(NCCCCNC(=O)C3CC3)c3nnc(C)n3c2cc1OC. The summed E-state index contributed by atoms with van der Waals surface area (Å²) in [6.45, 7) is 3.34. The van der Waals surface area contributed by atoms with Crippen molar-refractivity contribution in [2.24, 2.45) is 5.92 Å². The van der Waals surface area contributed by atoms with Crippen LogP contribution in [-0.4, -0.2) is 52.8 Å². The highest BCUT2D eigenvalue weighted by Gasteiger charge is 2.28. The van der Waals surface area contributed by atoms with Gasteiger partial charge in [0.25, 0.3) is 0 Å². The molecule has 0 atom stereocenters. The van der Waals surface area contributed by atoms with E-state index in [0.29, 0.717) is 29.5 Å². The minimum atomic E-state index is 0.194. The summed E-state index contributed by atoms with van der Waals surface area (Å²) in [6, 6.07) is 3.74. The number of nitrogens with zero attached hydrogens (tertiary/aromatic N) is 4. The van der Waals surface area contributed by atoms with Crippen LogP contribution in [0.2, 0.25) is 0 Å². The summed E-state index contributed by atoms with van der Waals surface area (Å²) in [6.07, 6.45) is 3.89. The van der Waals surface area contributed by atoms with Gasteiger partial charge in [0.1, 0.15) is 5.82 Å². The van der Waals surface area contributed by atoms with Gasteiger partial charge >= 0.3 is 0 Å². The first-order chi connectivity index (χ1) is 14.1. The maximum absolute atomic E-state index is 11.7. The number of benzene rings is 1. The second-order valence-electron chi connectivity index (χ2n) is 7.26. The van der Waals surface area contributed by atoms with Crippen LogP contribution in [0.5, 0.6) is 11.5 Å². The highest BCUT2D eigenvalue weighted by atomic mass is 16.5. The van der Waals surface area contributed by atoms with Crippen molar-refractivity contribution in [1.29, 1.82) is 0 Å². The zero-order chi connectivity index (χ0) is 20.4. The second kappa shape index (κ2) is 8.10. The number of aryl methyl sites for hydroxylation is 1. The van der Waals surface area contributed by atoms with Crippen LogP contribution in [0, 0.1) is 12.8 Å². The maximum Gasteiger partial charge on any atom is 0.223 e. The maximum atomic E-state index is 11.7. The summed E-state index contributed by atoms with van der Waals surface area (Å²) < 4.78 is 12.8. The summed E-state index contributed by atoms with van der Waals surface area (Å²) in [7, 11) is 3.21. The lowest BCUT2D eigenvalue weighted by Crippen LogP contribution is -2.26. The van der Waals surface area contributed by atoms with Gasteiger partial charge in [-0.3, -0.25) is 9.20 Å². The number of hydrogen-bond acceptors (Lipinski definition) is 7. The molecule has 1 aliphatic carbocycles. The monoisotopic (exact) mass is 398 g/mol. The Hall–Kier alpha value is -3.10. The van der Waals surface area contributed by atoms with Gasteiger partial charge < -0.3 is 20.1 Å².